The summed E-state index contributed by atoms with van der Waals surface area (Å²) in [6.07, 6.45) is 1.45. The van der Waals surface area contributed by atoms with E-state index in [-0.39, 0.29) is 11.3 Å². The molecule has 5 nitrogen and oxygen atoms in total. The van der Waals surface area contributed by atoms with Crippen LogP contribution in [0.1, 0.15) is 10.4 Å². The standard InChI is InChI=1S/C11H11NO4/c1-12-5-6(11(14)15)9-7(13)3-4-8(16-2)10(9)12/h3-5,13H,1-2H3,(H,14,15). The van der Waals surface area contributed by atoms with Crippen molar-refractivity contribution in [1.29, 1.82) is 0 Å². The Hall–Kier alpha value is -2.17. The predicted octanol–water partition coefficient (Wildman–Crippen LogP) is 1.59. The topological polar surface area (TPSA) is 71.7 Å². The van der Waals surface area contributed by atoms with Crippen molar-refractivity contribution in [3.63, 3.8) is 0 Å². The molecule has 0 radical (unpaired) electrons. The van der Waals surface area contributed by atoms with Crippen LogP contribution in [0, 0.1) is 0 Å². The van der Waals surface area contributed by atoms with Crippen molar-refractivity contribution in [2.75, 3.05) is 7.11 Å². The number of aromatic hydroxyl groups is 1. The van der Waals surface area contributed by atoms with E-state index in [1.165, 1.54) is 19.4 Å². The van der Waals surface area contributed by atoms with Crippen LogP contribution < -0.4 is 4.74 Å². The lowest BCUT2D eigenvalue weighted by atomic mass is 10.1. The zero-order chi connectivity index (χ0) is 11.9. The molecule has 2 aromatic rings. The molecular formula is C11H11NO4. The number of methoxy groups -OCH3 is 1. The Bertz CT molecular complexity index is 571. The van der Waals surface area contributed by atoms with E-state index >= 15 is 0 Å². The zero-order valence-corrected chi connectivity index (χ0v) is 8.89. The van der Waals surface area contributed by atoms with E-state index in [1.54, 1.807) is 17.7 Å². The van der Waals surface area contributed by atoms with Gasteiger partial charge in [0.2, 0.25) is 0 Å². The molecule has 0 bridgehead atoms. The SMILES string of the molecule is COc1ccc(O)c2c(C(=O)O)cn(C)c12. The summed E-state index contributed by atoms with van der Waals surface area (Å²) < 4.78 is 6.75. The van der Waals surface area contributed by atoms with Crippen molar-refractivity contribution in [3.05, 3.63) is 23.9 Å². The minimum Gasteiger partial charge on any atom is -0.507 e. The summed E-state index contributed by atoms with van der Waals surface area (Å²) in [5, 5.41) is 19.0. The van der Waals surface area contributed by atoms with Gasteiger partial charge in [-0.15, -0.1) is 0 Å². The summed E-state index contributed by atoms with van der Waals surface area (Å²) in [5.74, 6) is -0.606. The molecule has 2 rings (SSSR count). The molecule has 0 spiro atoms. The molecule has 84 valence electrons. The molecule has 0 aliphatic heterocycles. The van der Waals surface area contributed by atoms with E-state index in [1.807, 2.05) is 0 Å². The number of carboxylic acids is 1. The van der Waals surface area contributed by atoms with Crippen molar-refractivity contribution < 1.29 is 19.7 Å². The van der Waals surface area contributed by atoms with Crippen LogP contribution in [-0.2, 0) is 7.05 Å². The average molecular weight is 221 g/mol. The van der Waals surface area contributed by atoms with Crippen LogP contribution in [0.4, 0.5) is 0 Å². The second-order valence-electron chi connectivity index (χ2n) is 3.47. The number of benzene rings is 1. The van der Waals surface area contributed by atoms with Gasteiger partial charge in [0.1, 0.15) is 11.5 Å². The highest BCUT2D eigenvalue weighted by molar-refractivity contribution is 6.07. The summed E-state index contributed by atoms with van der Waals surface area (Å²) in [6, 6.07) is 3.02. The Morgan fingerprint density at radius 3 is 2.69 bits per heavy atom. The zero-order valence-electron chi connectivity index (χ0n) is 8.89. The Balaban J connectivity index is 2.94. The number of phenolic OH excluding ortho intramolecular Hbond substituents is 1. The van der Waals surface area contributed by atoms with Gasteiger partial charge in [-0.25, -0.2) is 4.79 Å². The van der Waals surface area contributed by atoms with Gasteiger partial charge >= 0.3 is 5.97 Å². The number of phenols is 1. The van der Waals surface area contributed by atoms with E-state index in [0.29, 0.717) is 16.7 Å². The van der Waals surface area contributed by atoms with E-state index in [2.05, 4.69) is 0 Å². The summed E-state index contributed by atoms with van der Waals surface area (Å²) in [6.45, 7) is 0. The number of nitrogens with zero attached hydrogens (tertiary/aromatic N) is 1. The molecule has 1 aromatic carbocycles. The van der Waals surface area contributed by atoms with Gasteiger partial charge in [0.15, 0.2) is 0 Å². The number of carbonyl (C=O) groups is 1. The number of hydrogen-bond donors (Lipinski definition) is 2. The fourth-order valence-electron chi connectivity index (χ4n) is 1.83. The Morgan fingerprint density at radius 2 is 2.12 bits per heavy atom. The molecule has 0 fully saturated rings. The molecule has 0 aliphatic rings. The van der Waals surface area contributed by atoms with Crippen LogP contribution in [-0.4, -0.2) is 27.9 Å². The predicted molar refractivity (Wildman–Crippen MR) is 58.1 cm³/mol. The van der Waals surface area contributed by atoms with Gasteiger partial charge in [-0.1, -0.05) is 0 Å². The van der Waals surface area contributed by atoms with E-state index in [9.17, 15) is 9.90 Å². The lowest BCUT2D eigenvalue weighted by molar-refractivity contribution is 0.0698. The third-order valence-corrected chi connectivity index (χ3v) is 2.51. The molecule has 5 heteroatoms. The number of rotatable bonds is 2. The molecule has 1 heterocycles. The first kappa shape index (κ1) is 10.4. The molecule has 2 N–H and O–H groups in total. The lowest BCUT2D eigenvalue weighted by Crippen LogP contribution is -1.94. The average Bonchev–Trinajstić information content (AvgIpc) is 2.59. The van der Waals surface area contributed by atoms with Crippen LogP contribution >= 0.6 is 0 Å². The Labute approximate surface area is 91.5 Å². The third kappa shape index (κ3) is 1.29. The van der Waals surface area contributed by atoms with Crippen molar-refractivity contribution in [1.82, 2.24) is 4.57 Å². The van der Waals surface area contributed by atoms with Crippen molar-refractivity contribution >= 4 is 16.9 Å². The van der Waals surface area contributed by atoms with Crippen LogP contribution in [0.15, 0.2) is 18.3 Å². The molecule has 0 atom stereocenters. The summed E-state index contributed by atoms with van der Waals surface area (Å²) >= 11 is 0. The number of aromatic nitrogens is 1. The molecule has 0 saturated heterocycles. The van der Waals surface area contributed by atoms with E-state index < -0.39 is 5.97 Å². The van der Waals surface area contributed by atoms with Crippen LogP contribution in [0.3, 0.4) is 0 Å². The van der Waals surface area contributed by atoms with Gasteiger partial charge < -0.3 is 19.5 Å². The van der Waals surface area contributed by atoms with Crippen molar-refractivity contribution in [2.45, 2.75) is 0 Å². The van der Waals surface area contributed by atoms with Crippen LogP contribution in [0.2, 0.25) is 0 Å². The van der Waals surface area contributed by atoms with Crippen molar-refractivity contribution in [2.24, 2.45) is 7.05 Å². The van der Waals surface area contributed by atoms with Gasteiger partial charge in [-0.05, 0) is 12.1 Å². The highest BCUT2D eigenvalue weighted by Crippen LogP contribution is 2.35. The van der Waals surface area contributed by atoms with Gasteiger partial charge in [0.05, 0.1) is 23.6 Å². The number of aromatic carboxylic acids is 1. The second kappa shape index (κ2) is 3.44. The largest absolute Gasteiger partial charge is 0.507 e. The fourth-order valence-corrected chi connectivity index (χ4v) is 1.83. The summed E-state index contributed by atoms with van der Waals surface area (Å²) in [4.78, 5) is 11.0. The quantitative estimate of drug-likeness (QED) is 0.807. The first-order valence-electron chi connectivity index (χ1n) is 4.64. The smallest absolute Gasteiger partial charge is 0.338 e. The number of fused-ring (bicyclic) bond motifs is 1. The summed E-state index contributed by atoms with van der Waals surface area (Å²) in [7, 11) is 3.20. The van der Waals surface area contributed by atoms with Crippen LogP contribution in [0.5, 0.6) is 11.5 Å². The number of carboxylic acid groups (broad SMARTS) is 1. The van der Waals surface area contributed by atoms with Gasteiger partial charge in [0.25, 0.3) is 0 Å². The third-order valence-electron chi connectivity index (χ3n) is 2.51. The highest BCUT2D eigenvalue weighted by Gasteiger charge is 2.18. The highest BCUT2D eigenvalue weighted by atomic mass is 16.5. The van der Waals surface area contributed by atoms with Crippen LogP contribution in [0.25, 0.3) is 10.9 Å². The molecule has 16 heavy (non-hydrogen) atoms. The lowest BCUT2D eigenvalue weighted by Gasteiger charge is -2.05. The minimum absolute atomic E-state index is 0.0613. The number of hydrogen-bond acceptors (Lipinski definition) is 3. The molecular weight excluding hydrogens is 210 g/mol. The summed E-state index contributed by atoms with van der Waals surface area (Å²) in [5.41, 5.74) is 0.633. The monoisotopic (exact) mass is 221 g/mol. The maximum atomic E-state index is 11.0. The molecule has 0 saturated carbocycles. The number of ether oxygens (including phenoxy) is 1. The van der Waals surface area contributed by atoms with Gasteiger partial charge in [-0.2, -0.15) is 0 Å². The maximum absolute atomic E-state index is 11.0. The van der Waals surface area contributed by atoms with E-state index in [0.717, 1.165) is 0 Å². The normalized spacial score (nSPS) is 10.6. The minimum atomic E-state index is -1.07. The molecule has 1 aromatic heterocycles. The molecule has 0 amide bonds. The van der Waals surface area contributed by atoms with Crippen molar-refractivity contribution in [3.8, 4) is 11.5 Å². The maximum Gasteiger partial charge on any atom is 0.338 e. The Kier molecular flexibility index (Phi) is 2.23. The fraction of sp³-hybridized carbons (Fsp3) is 0.182. The van der Waals surface area contributed by atoms with Gasteiger partial charge in [0, 0.05) is 13.2 Å². The molecule has 0 unspecified atom stereocenters. The molecule has 0 aliphatic carbocycles. The first-order valence-corrected chi connectivity index (χ1v) is 4.64. The Morgan fingerprint density at radius 1 is 1.44 bits per heavy atom. The number of aryl methyl sites for hydroxylation is 1. The second-order valence-corrected chi connectivity index (χ2v) is 3.47. The van der Waals surface area contributed by atoms with E-state index in [4.69, 9.17) is 9.84 Å². The first-order chi connectivity index (χ1) is 7.56. The van der Waals surface area contributed by atoms with Gasteiger partial charge in [-0.3, -0.25) is 0 Å².